The van der Waals surface area contributed by atoms with Crippen LogP contribution in [0.1, 0.15) is 18.4 Å². The van der Waals surface area contributed by atoms with Gasteiger partial charge in [-0.25, -0.2) is 17.2 Å². The van der Waals surface area contributed by atoms with Crippen molar-refractivity contribution >= 4 is 27.3 Å². The van der Waals surface area contributed by atoms with Crippen LogP contribution in [0.3, 0.4) is 0 Å². The van der Waals surface area contributed by atoms with E-state index in [0.717, 1.165) is 28.3 Å². The Morgan fingerprint density at radius 2 is 1.85 bits per heavy atom. The van der Waals surface area contributed by atoms with Gasteiger partial charge in [-0.1, -0.05) is 12.1 Å². The molecule has 0 fully saturated rings. The third-order valence-corrected chi connectivity index (χ3v) is 4.85. The molecule has 0 unspecified atom stereocenters. The summed E-state index contributed by atoms with van der Waals surface area (Å²) in [6, 6.07) is 10.2. The summed E-state index contributed by atoms with van der Waals surface area (Å²) in [5, 5.41) is 2.74. The molecular formula is C18H20F2N2O3S. The van der Waals surface area contributed by atoms with Gasteiger partial charge < -0.3 is 5.32 Å². The number of hydrogen-bond acceptors (Lipinski definition) is 3. The minimum atomic E-state index is -3.70. The molecule has 0 aliphatic heterocycles. The number of rotatable bonds is 7. The zero-order valence-electron chi connectivity index (χ0n) is 14.5. The van der Waals surface area contributed by atoms with Crippen LogP contribution in [0.25, 0.3) is 0 Å². The summed E-state index contributed by atoms with van der Waals surface area (Å²) in [4.78, 5) is 12.0. The highest BCUT2D eigenvalue weighted by Gasteiger charge is 2.19. The molecule has 8 heteroatoms. The predicted molar refractivity (Wildman–Crippen MR) is 97.6 cm³/mol. The number of nitrogens with zero attached hydrogens (tertiary/aromatic N) is 1. The van der Waals surface area contributed by atoms with Crippen LogP contribution in [0.5, 0.6) is 0 Å². The van der Waals surface area contributed by atoms with Crippen LogP contribution in [0.2, 0.25) is 0 Å². The zero-order valence-corrected chi connectivity index (χ0v) is 15.3. The summed E-state index contributed by atoms with van der Waals surface area (Å²) >= 11 is 0. The number of sulfonamides is 1. The number of carbonyl (C=O) groups excluding carboxylic acids is 1. The molecule has 5 nitrogen and oxygen atoms in total. The molecular weight excluding hydrogens is 362 g/mol. The molecule has 0 atom stereocenters. The van der Waals surface area contributed by atoms with E-state index in [0.29, 0.717) is 5.69 Å². The Morgan fingerprint density at radius 1 is 1.12 bits per heavy atom. The van der Waals surface area contributed by atoms with Crippen LogP contribution >= 0.6 is 0 Å². The molecule has 1 N–H and O–H groups in total. The van der Waals surface area contributed by atoms with Gasteiger partial charge in [0, 0.05) is 24.7 Å². The van der Waals surface area contributed by atoms with Crippen LogP contribution in [0.4, 0.5) is 20.2 Å². The van der Waals surface area contributed by atoms with Crippen molar-refractivity contribution in [1.82, 2.24) is 0 Å². The average molecular weight is 382 g/mol. The summed E-state index contributed by atoms with van der Waals surface area (Å²) in [5.74, 6) is -2.44. The van der Waals surface area contributed by atoms with E-state index >= 15 is 0 Å². The summed E-state index contributed by atoms with van der Waals surface area (Å²) in [6.07, 6.45) is 1.29. The second-order valence-corrected chi connectivity index (χ2v) is 7.86. The van der Waals surface area contributed by atoms with E-state index in [4.69, 9.17) is 0 Å². The van der Waals surface area contributed by atoms with Crippen LogP contribution in [0.15, 0.2) is 42.5 Å². The van der Waals surface area contributed by atoms with Gasteiger partial charge in [0.2, 0.25) is 15.9 Å². The van der Waals surface area contributed by atoms with Gasteiger partial charge >= 0.3 is 0 Å². The zero-order chi connectivity index (χ0) is 19.3. The quantitative estimate of drug-likeness (QED) is 0.798. The van der Waals surface area contributed by atoms with Crippen molar-refractivity contribution in [2.24, 2.45) is 0 Å². The smallest absolute Gasteiger partial charge is 0.232 e. The number of aryl methyl sites for hydroxylation is 1. The Hall–Kier alpha value is -2.48. The number of nitrogens with one attached hydrogen (secondary N) is 1. The third-order valence-electron chi connectivity index (χ3n) is 3.66. The van der Waals surface area contributed by atoms with Crippen molar-refractivity contribution in [3.05, 3.63) is 59.7 Å². The van der Waals surface area contributed by atoms with E-state index < -0.39 is 21.7 Å². The number of anilines is 2. The van der Waals surface area contributed by atoms with Gasteiger partial charge in [0.15, 0.2) is 11.6 Å². The monoisotopic (exact) mass is 382 g/mol. The van der Waals surface area contributed by atoms with Crippen molar-refractivity contribution in [3.8, 4) is 0 Å². The van der Waals surface area contributed by atoms with Crippen molar-refractivity contribution in [2.75, 3.05) is 22.4 Å². The summed E-state index contributed by atoms with van der Waals surface area (Å²) in [6.45, 7) is 1.88. The average Bonchev–Trinajstić information content (AvgIpc) is 2.53. The molecule has 0 spiro atoms. The number of amides is 1. The topological polar surface area (TPSA) is 66.5 Å². The van der Waals surface area contributed by atoms with E-state index in [1.807, 2.05) is 25.1 Å². The second kappa shape index (κ2) is 8.27. The van der Waals surface area contributed by atoms with E-state index in [2.05, 4.69) is 5.32 Å². The first-order chi connectivity index (χ1) is 12.2. The van der Waals surface area contributed by atoms with E-state index in [9.17, 15) is 22.0 Å². The largest absolute Gasteiger partial charge is 0.326 e. The van der Waals surface area contributed by atoms with Gasteiger partial charge in [-0.15, -0.1) is 0 Å². The molecule has 2 rings (SSSR count). The third kappa shape index (κ3) is 5.52. The fraction of sp³-hybridized carbons (Fsp3) is 0.278. The molecule has 0 aliphatic rings. The maximum Gasteiger partial charge on any atom is 0.232 e. The molecule has 0 aromatic heterocycles. The molecule has 26 heavy (non-hydrogen) atoms. The number of halogens is 2. The van der Waals surface area contributed by atoms with Gasteiger partial charge in [0.05, 0.1) is 11.9 Å². The highest BCUT2D eigenvalue weighted by molar-refractivity contribution is 7.92. The Morgan fingerprint density at radius 3 is 2.46 bits per heavy atom. The predicted octanol–water partition coefficient (Wildman–Crippen LogP) is 3.46. The Labute approximate surface area is 151 Å². The van der Waals surface area contributed by atoms with E-state index in [-0.39, 0.29) is 31.0 Å². The van der Waals surface area contributed by atoms with Gasteiger partial charge in [0.1, 0.15) is 0 Å². The van der Waals surface area contributed by atoms with Crippen molar-refractivity contribution in [1.29, 1.82) is 0 Å². The maximum atomic E-state index is 13.4. The lowest BCUT2D eigenvalue weighted by Crippen LogP contribution is -2.31. The molecule has 0 bridgehead atoms. The van der Waals surface area contributed by atoms with Crippen LogP contribution in [0, 0.1) is 18.6 Å². The molecule has 2 aromatic rings. The number of carbonyl (C=O) groups is 1. The van der Waals surface area contributed by atoms with Crippen LogP contribution in [-0.2, 0) is 14.8 Å². The number of hydrogen-bond donors (Lipinski definition) is 1. The van der Waals surface area contributed by atoms with Crippen molar-refractivity contribution in [3.63, 3.8) is 0 Å². The summed E-state index contributed by atoms with van der Waals surface area (Å²) in [5.41, 5.74) is 1.69. The first-order valence-electron chi connectivity index (χ1n) is 7.96. The number of benzene rings is 2. The van der Waals surface area contributed by atoms with Gasteiger partial charge in [-0.3, -0.25) is 9.10 Å². The molecule has 0 heterocycles. The first-order valence-corrected chi connectivity index (χ1v) is 9.81. The molecule has 0 saturated heterocycles. The molecule has 0 saturated carbocycles. The molecule has 2 aromatic carbocycles. The molecule has 0 radical (unpaired) electrons. The lowest BCUT2D eigenvalue weighted by atomic mass is 10.2. The first kappa shape index (κ1) is 19.8. The molecule has 1 amide bonds. The maximum absolute atomic E-state index is 13.4. The minimum Gasteiger partial charge on any atom is -0.326 e. The SMILES string of the molecule is Cc1cccc(NC(=O)CCCN(c2ccc(F)c(F)c2)S(C)(=O)=O)c1. The van der Waals surface area contributed by atoms with Crippen molar-refractivity contribution < 1.29 is 22.0 Å². The van der Waals surface area contributed by atoms with Crippen LogP contribution in [-0.4, -0.2) is 27.1 Å². The fourth-order valence-electron chi connectivity index (χ4n) is 2.46. The highest BCUT2D eigenvalue weighted by atomic mass is 32.2. The molecule has 140 valence electrons. The normalized spacial score (nSPS) is 11.2. The second-order valence-electron chi connectivity index (χ2n) is 5.95. The van der Waals surface area contributed by atoms with Crippen molar-refractivity contribution in [2.45, 2.75) is 19.8 Å². The lowest BCUT2D eigenvalue weighted by molar-refractivity contribution is -0.116. The highest BCUT2D eigenvalue weighted by Crippen LogP contribution is 2.21. The standard InChI is InChI=1S/C18H20F2N2O3S/c1-13-5-3-6-14(11-13)21-18(23)7-4-10-22(26(2,24)25)15-8-9-16(19)17(20)12-15/h3,5-6,8-9,11-12H,4,7,10H2,1-2H3,(H,21,23). The Bertz CT molecular complexity index is 901. The fourth-order valence-corrected chi connectivity index (χ4v) is 3.41. The van der Waals surface area contributed by atoms with Gasteiger partial charge in [-0.05, 0) is 43.2 Å². The Balaban J connectivity index is 1.99. The molecule has 0 aliphatic carbocycles. The van der Waals surface area contributed by atoms with E-state index in [1.165, 1.54) is 6.07 Å². The van der Waals surface area contributed by atoms with E-state index in [1.54, 1.807) is 6.07 Å². The lowest BCUT2D eigenvalue weighted by Gasteiger charge is -2.22. The van der Waals surface area contributed by atoms with Gasteiger partial charge in [-0.2, -0.15) is 0 Å². The minimum absolute atomic E-state index is 0.0190. The summed E-state index contributed by atoms with van der Waals surface area (Å²) in [7, 11) is -3.70. The Kier molecular flexibility index (Phi) is 6.31. The summed E-state index contributed by atoms with van der Waals surface area (Å²) < 4.78 is 51.3. The van der Waals surface area contributed by atoms with Crippen LogP contribution < -0.4 is 9.62 Å². The van der Waals surface area contributed by atoms with Gasteiger partial charge in [0.25, 0.3) is 0 Å².